The van der Waals surface area contributed by atoms with Gasteiger partial charge in [0, 0.05) is 24.1 Å². The predicted octanol–water partition coefficient (Wildman–Crippen LogP) is 2.94. The van der Waals surface area contributed by atoms with E-state index in [1.54, 1.807) is 0 Å². The first-order chi connectivity index (χ1) is 7.74. The maximum atomic E-state index is 5.48. The lowest BCUT2D eigenvalue weighted by molar-refractivity contribution is 0.108. The Morgan fingerprint density at radius 3 is 2.81 bits per heavy atom. The van der Waals surface area contributed by atoms with Gasteiger partial charge in [0.1, 0.15) is 0 Å². The van der Waals surface area contributed by atoms with Crippen LogP contribution < -0.4 is 5.32 Å². The highest BCUT2D eigenvalue weighted by Gasteiger charge is 2.12. The minimum absolute atomic E-state index is 0.472. The first-order valence-corrected chi connectivity index (χ1v) is 6.95. The molecule has 0 aliphatic carbocycles. The Balaban J connectivity index is 2.21. The first kappa shape index (κ1) is 13.7. The van der Waals surface area contributed by atoms with Gasteiger partial charge in [0.05, 0.1) is 6.61 Å². The van der Waals surface area contributed by atoms with Crippen LogP contribution in [0.5, 0.6) is 0 Å². The second kappa shape index (κ2) is 7.82. The Labute approximate surface area is 103 Å². The van der Waals surface area contributed by atoms with Crippen molar-refractivity contribution in [3.63, 3.8) is 0 Å². The highest BCUT2D eigenvalue weighted by molar-refractivity contribution is 7.09. The Bertz CT molecular complexity index is 259. The predicted molar refractivity (Wildman–Crippen MR) is 71.1 cm³/mol. The van der Waals surface area contributed by atoms with Crippen molar-refractivity contribution in [3.05, 3.63) is 22.4 Å². The van der Waals surface area contributed by atoms with Gasteiger partial charge in [-0.3, -0.25) is 0 Å². The molecule has 1 aromatic rings. The van der Waals surface area contributed by atoms with Crippen molar-refractivity contribution in [1.29, 1.82) is 0 Å². The molecule has 0 spiro atoms. The van der Waals surface area contributed by atoms with E-state index < -0.39 is 0 Å². The fraction of sp³-hybridized carbons (Fsp3) is 0.692. The lowest BCUT2D eigenvalue weighted by Crippen LogP contribution is -2.39. The minimum Gasteiger partial charge on any atom is -0.380 e. The maximum Gasteiger partial charge on any atom is 0.0621 e. The second-order valence-electron chi connectivity index (χ2n) is 4.29. The van der Waals surface area contributed by atoms with Gasteiger partial charge in [0.2, 0.25) is 0 Å². The van der Waals surface area contributed by atoms with Crippen LogP contribution in [0.25, 0.3) is 0 Å². The van der Waals surface area contributed by atoms with Crippen LogP contribution in [0, 0.1) is 5.92 Å². The monoisotopic (exact) mass is 241 g/mol. The van der Waals surface area contributed by atoms with Gasteiger partial charge < -0.3 is 10.1 Å². The molecule has 0 fully saturated rings. The molecule has 3 heteroatoms. The second-order valence-corrected chi connectivity index (χ2v) is 5.33. The molecule has 0 radical (unpaired) electrons. The molecule has 92 valence electrons. The van der Waals surface area contributed by atoms with Gasteiger partial charge in [-0.2, -0.15) is 0 Å². The molecule has 0 aliphatic heterocycles. The van der Waals surface area contributed by atoms with E-state index in [1.807, 2.05) is 18.3 Å². The number of hydrogen-bond acceptors (Lipinski definition) is 3. The van der Waals surface area contributed by atoms with Gasteiger partial charge >= 0.3 is 0 Å². The SMILES string of the molecule is CCOCC(NCCc1cccs1)C(C)C. The van der Waals surface area contributed by atoms with Gasteiger partial charge in [-0.15, -0.1) is 11.3 Å². The minimum atomic E-state index is 0.472. The number of nitrogens with one attached hydrogen (secondary N) is 1. The summed E-state index contributed by atoms with van der Waals surface area (Å²) in [5.41, 5.74) is 0. The van der Waals surface area contributed by atoms with Crippen LogP contribution in [-0.4, -0.2) is 25.8 Å². The van der Waals surface area contributed by atoms with Crippen molar-refractivity contribution in [2.75, 3.05) is 19.8 Å². The third-order valence-corrected chi connectivity index (χ3v) is 3.60. The lowest BCUT2D eigenvalue weighted by Gasteiger charge is -2.22. The van der Waals surface area contributed by atoms with Crippen LogP contribution >= 0.6 is 11.3 Å². The Hall–Kier alpha value is -0.380. The molecule has 0 bridgehead atoms. The van der Waals surface area contributed by atoms with Gasteiger partial charge in [-0.25, -0.2) is 0 Å². The van der Waals surface area contributed by atoms with E-state index in [9.17, 15) is 0 Å². The van der Waals surface area contributed by atoms with E-state index in [1.165, 1.54) is 4.88 Å². The molecule has 1 N–H and O–H groups in total. The van der Waals surface area contributed by atoms with Crippen molar-refractivity contribution in [3.8, 4) is 0 Å². The average Bonchev–Trinajstić information content (AvgIpc) is 2.75. The summed E-state index contributed by atoms with van der Waals surface area (Å²) in [5, 5.41) is 5.71. The molecular formula is C13H23NOS. The fourth-order valence-electron chi connectivity index (χ4n) is 1.57. The molecule has 0 aromatic carbocycles. The summed E-state index contributed by atoms with van der Waals surface area (Å²) in [5.74, 6) is 0.620. The van der Waals surface area contributed by atoms with Crippen molar-refractivity contribution >= 4 is 11.3 Å². The molecule has 0 amide bonds. The normalized spacial score (nSPS) is 13.2. The summed E-state index contributed by atoms with van der Waals surface area (Å²) >= 11 is 1.83. The molecule has 1 rings (SSSR count). The molecular weight excluding hydrogens is 218 g/mol. The van der Waals surface area contributed by atoms with Crippen LogP contribution in [0.1, 0.15) is 25.6 Å². The van der Waals surface area contributed by atoms with Crippen molar-refractivity contribution in [2.24, 2.45) is 5.92 Å². The molecule has 0 saturated carbocycles. The molecule has 1 unspecified atom stereocenters. The summed E-state index contributed by atoms with van der Waals surface area (Å²) < 4.78 is 5.48. The third kappa shape index (κ3) is 5.10. The van der Waals surface area contributed by atoms with E-state index >= 15 is 0 Å². The van der Waals surface area contributed by atoms with E-state index in [-0.39, 0.29) is 0 Å². The molecule has 0 saturated heterocycles. The maximum absolute atomic E-state index is 5.48. The smallest absolute Gasteiger partial charge is 0.0621 e. The topological polar surface area (TPSA) is 21.3 Å². The first-order valence-electron chi connectivity index (χ1n) is 6.07. The Kier molecular flexibility index (Phi) is 6.69. The van der Waals surface area contributed by atoms with E-state index in [2.05, 4.69) is 36.7 Å². The summed E-state index contributed by atoms with van der Waals surface area (Å²) in [6.07, 6.45) is 1.12. The van der Waals surface area contributed by atoms with Crippen molar-refractivity contribution < 1.29 is 4.74 Å². The van der Waals surface area contributed by atoms with E-state index in [0.717, 1.165) is 26.2 Å². The van der Waals surface area contributed by atoms with Crippen LogP contribution in [0.4, 0.5) is 0 Å². The quantitative estimate of drug-likeness (QED) is 0.755. The molecule has 1 aromatic heterocycles. The largest absolute Gasteiger partial charge is 0.380 e. The zero-order valence-electron chi connectivity index (χ0n) is 10.5. The van der Waals surface area contributed by atoms with Gasteiger partial charge in [-0.05, 0) is 30.7 Å². The van der Waals surface area contributed by atoms with E-state index in [4.69, 9.17) is 4.74 Å². The van der Waals surface area contributed by atoms with Gasteiger partial charge in [-0.1, -0.05) is 19.9 Å². The fourth-order valence-corrected chi connectivity index (χ4v) is 2.28. The molecule has 16 heavy (non-hydrogen) atoms. The molecule has 1 atom stereocenters. The Morgan fingerprint density at radius 1 is 1.44 bits per heavy atom. The van der Waals surface area contributed by atoms with Gasteiger partial charge in [0.15, 0.2) is 0 Å². The number of ether oxygens (including phenoxy) is 1. The summed E-state index contributed by atoms with van der Waals surface area (Å²) in [6, 6.07) is 4.78. The van der Waals surface area contributed by atoms with Crippen LogP contribution in [0.15, 0.2) is 17.5 Å². The Morgan fingerprint density at radius 2 is 2.25 bits per heavy atom. The zero-order valence-corrected chi connectivity index (χ0v) is 11.3. The van der Waals surface area contributed by atoms with Crippen LogP contribution in [0.2, 0.25) is 0 Å². The van der Waals surface area contributed by atoms with Crippen LogP contribution in [0.3, 0.4) is 0 Å². The number of rotatable bonds is 8. The molecule has 0 aliphatic rings. The standard InChI is InChI=1S/C13H23NOS/c1-4-15-10-13(11(2)3)14-8-7-12-6-5-9-16-12/h5-6,9,11,13-14H,4,7-8,10H2,1-3H3. The molecule has 2 nitrogen and oxygen atoms in total. The summed E-state index contributed by atoms with van der Waals surface area (Å²) in [7, 11) is 0. The van der Waals surface area contributed by atoms with Crippen molar-refractivity contribution in [2.45, 2.75) is 33.2 Å². The van der Waals surface area contributed by atoms with Crippen molar-refractivity contribution in [1.82, 2.24) is 5.32 Å². The highest BCUT2D eigenvalue weighted by atomic mass is 32.1. The zero-order chi connectivity index (χ0) is 11.8. The van der Waals surface area contributed by atoms with Crippen LogP contribution in [-0.2, 0) is 11.2 Å². The number of thiophene rings is 1. The third-order valence-electron chi connectivity index (χ3n) is 2.66. The van der Waals surface area contributed by atoms with Gasteiger partial charge in [0.25, 0.3) is 0 Å². The summed E-state index contributed by atoms with van der Waals surface area (Å²) in [4.78, 5) is 1.45. The molecule has 1 heterocycles. The lowest BCUT2D eigenvalue weighted by atomic mass is 10.1. The summed E-state index contributed by atoms with van der Waals surface area (Å²) in [6.45, 7) is 9.18. The van der Waals surface area contributed by atoms with E-state index in [0.29, 0.717) is 12.0 Å². The number of hydrogen-bond donors (Lipinski definition) is 1. The highest BCUT2D eigenvalue weighted by Crippen LogP contribution is 2.09. The average molecular weight is 241 g/mol.